The van der Waals surface area contributed by atoms with Crippen molar-refractivity contribution >= 4 is 29.4 Å². The molecule has 2 saturated heterocycles. The van der Waals surface area contributed by atoms with Crippen LogP contribution in [-0.2, 0) is 19.1 Å². The van der Waals surface area contributed by atoms with Gasteiger partial charge in [-0.05, 0) is 39.3 Å². The maximum Gasteiger partial charge on any atom is 0.326 e. The third kappa shape index (κ3) is 2.83. The Morgan fingerprint density at radius 1 is 1.42 bits per heavy atom. The van der Waals surface area contributed by atoms with Gasteiger partial charge in [0.2, 0.25) is 11.8 Å². The molecule has 6 nitrogen and oxygen atoms in total. The highest BCUT2D eigenvalue weighted by molar-refractivity contribution is 6.29. The van der Waals surface area contributed by atoms with Crippen molar-refractivity contribution in [1.29, 1.82) is 0 Å². The highest BCUT2D eigenvalue weighted by Crippen LogP contribution is 2.52. The van der Waals surface area contributed by atoms with Gasteiger partial charge in [0, 0.05) is 29.6 Å². The van der Waals surface area contributed by atoms with Gasteiger partial charge in [0.15, 0.2) is 0 Å². The molecular weight excluding hydrogens is 332 g/mol. The molecule has 24 heavy (non-hydrogen) atoms. The van der Waals surface area contributed by atoms with Crippen LogP contribution in [0.4, 0.5) is 0 Å². The summed E-state index contributed by atoms with van der Waals surface area (Å²) in [4.78, 5) is 38.5. The lowest BCUT2D eigenvalue weighted by atomic mass is 9.73. The fourth-order valence-corrected chi connectivity index (χ4v) is 3.90. The first kappa shape index (κ1) is 17.0. The molecule has 7 heteroatoms. The van der Waals surface area contributed by atoms with Crippen molar-refractivity contribution in [2.75, 3.05) is 13.1 Å². The van der Waals surface area contributed by atoms with Gasteiger partial charge in [0.1, 0.15) is 12.1 Å². The zero-order chi connectivity index (χ0) is 17.7. The summed E-state index contributed by atoms with van der Waals surface area (Å²) in [6, 6.07) is 0. The van der Waals surface area contributed by atoms with E-state index in [0.717, 1.165) is 5.70 Å². The summed E-state index contributed by atoms with van der Waals surface area (Å²) in [5, 5.41) is 3.40. The second kappa shape index (κ2) is 5.62. The lowest BCUT2D eigenvalue weighted by Gasteiger charge is -2.27. The largest absolute Gasteiger partial charge is 0.459 e. The predicted molar refractivity (Wildman–Crippen MR) is 87.7 cm³/mol. The van der Waals surface area contributed by atoms with Gasteiger partial charge in [-0.15, -0.1) is 0 Å². The van der Waals surface area contributed by atoms with Crippen LogP contribution in [0, 0.1) is 11.3 Å². The number of esters is 1. The maximum atomic E-state index is 13.1. The van der Waals surface area contributed by atoms with E-state index in [9.17, 15) is 14.4 Å². The van der Waals surface area contributed by atoms with E-state index in [1.807, 2.05) is 0 Å². The molecule has 1 aliphatic carbocycles. The molecule has 2 aliphatic heterocycles. The molecule has 130 valence electrons. The van der Waals surface area contributed by atoms with Crippen LogP contribution in [0.1, 0.15) is 33.6 Å². The first-order valence-corrected chi connectivity index (χ1v) is 8.37. The van der Waals surface area contributed by atoms with Crippen LogP contribution in [-0.4, -0.2) is 41.4 Å². The number of hydrogen-bond donors (Lipinski definition) is 1. The Hall–Kier alpha value is -1.82. The van der Waals surface area contributed by atoms with Crippen molar-refractivity contribution in [2.24, 2.45) is 11.3 Å². The van der Waals surface area contributed by atoms with Gasteiger partial charge in [0.25, 0.3) is 0 Å². The molecule has 1 N–H and O–H groups in total. The second-order valence-electron chi connectivity index (χ2n) is 7.55. The lowest BCUT2D eigenvalue weighted by Crippen LogP contribution is -2.41. The van der Waals surface area contributed by atoms with E-state index >= 15 is 0 Å². The van der Waals surface area contributed by atoms with E-state index in [4.69, 9.17) is 16.3 Å². The number of nitrogens with zero attached hydrogens (tertiary/aromatic N) is 1. The third-order valence-electron chi connectivity index (χ3n) is 4.63. The number of allylic oxidation sites excluding steroid dienone is 4. The molecule has 0 aromatic rings. The Balaban J connectivity index is 1.90. The monoisotopic (exact) mass is 352 g/mol. The van der Waals surface area contributed by atoms with E-state index in [1.54, 1.807) is 32.9 Å². The molecule has 0 bridgehead atoms. The molecule has 2 amide bonds. The SMILES string of the molecule is CC(C)(C)OC(=O)CN1C(=O)C2(CNC(=O)C2)C2CC(Cl)=CC=C21. The van der Waals surface area contributed by atoms with Crippen LogP contribution in [0.5, 0.6) is 0 Å². The first-order valence-electron chi connectivity index (χ1n) is 7.99. The van der Waals surface area contributed by atoms with Gasteiger partial charge in [-0.25, -0.2) is 0 Å². The quantitative estimate of drug-likeness (QED) is 0.767. The topological polar surface area (TPSA) is 75.7 Å². The normalized spacial score (nSPS) is 29.3. The summed E-state index contributed by atoms with van der Waals surface area (Å²) in [5.41, 5.74) is -0.725. The van der Waals surface area contributed by atoms with Gasteiger partial charge in [-0.2, -0.15) is 0 Å². The number of fused-ring (bicyclic) bond motifs is 2. The maximum absolute atomic E-state index is 13.1. The van der Waals surface area contributed by atoms with E-state index in [1.165, 1.54) is 4.90 Å². The number of amides is 2. The smallest absolute Gasteiger partial charge is 0.326 e. The van der Waals surface area contributed by atoms with E-state index in [-0.39, 0.29) is 37.2 Å². The summed E-state index contributed by atoms with van der Waals surface area (Å²) in [6.45, 7) is 5.47. The number of rotatable bonds is 2. The van der Waals surface area contributed by atoms with Crippen molar-refractivity contribution in [3.8, 4) is 0 Å². The minimum Gasteiger partial charge on any atom is -0.459 e. The van der Waals surface area contributed by atoms with Gasteiger partial charge in [0.05, 0.1) is 5.41 Å². The van der Waals surface area contributed by atoms with E-state index in [0.29, 0.717) is 11.5 Å². The predicted octanol–water partition coefficient (Wildman–Crippen LogP) is 1.70. The van der Waals surface area contributed by atoms with Crippen LogP contribution in [0.3, 0.4) is 0 Å². The zero-order valence-electron chi connectivity index (χ0n) is 14.0. The number of ether oxygens (including phenoxy) is 1. The summed E-state index contributed by atoms with van der Waals surface area (Å²) in [5.74, 6) is -1.01. The number of carbonyl (C=O) groups excluding carboxylic acids is 3. The molecular formula is C17H21ClN2O4. The van der Waals surface area contributed by atoms with Crippen LogP contribution >= 0.6 is 11.6 Å². The van der Waals surface area contributed by atoms with Gasteiger partial charge in [-0.3, -0.25) is 14.4 Å². The average molecular weight is 353 g/mol. The average Bonchev–Trinajstić information content (AvgIpc) is 2.93. The fourth-order valence-electron chi connectivity index (χ4n) is 3.68. The molecule has 2 unspecified atom stereocenters. The number of halogens is 1. The summed E-state index contributed by atoms with van der Waals surface area (Å²) >= 11 is 6.16. The van der Waals surface area contributed by atoms with Crippen LogP contribution in [0.15, 0.2) is 22.9 Å². The number of carbonyl (C=O) groups is 3. The van der Waals surface area contributed by atoms with Crippen molar-refractivity contribution in [2.45, 2.75) is 39.2 Å². The highest BCUT2D eigenvalue weighted by Gasteiger charge is 2.60. The molecule has 3 rings (SSSR count). The van der Waals surface area contributed by atoms with Crippen LogP contribution in [0.2, 0.25) is 0 Å². The Bertz CT molecular complexity index is 677. The van der Waals surface area contributed by atoms with Crippen molar-refractivity contribution in [3.05, 3.63) is 22.9 Å². The number of hydrogen-bond acceptors (Lipinski definition) is 4. The van der Waals surface area contributed by atoms with E-state index < -0.39 is 17.0 Å². The second-order valence-corrected chi connectivity index (χ2v) is 8.03. The van der Waals surface area contributed by atoms with Gasteiger partial charge in [-0.1, -0.05) is 11.6 Å². The Morgan fingerprint density at radius 2 is 2.12 bits per heavy atom. The number of likely N-dealkylation sites (tertiary alicyclic amines) is 1. The molecule has 3 aliphatic rings. The van der Waals surface area contributed by atoms with Crippen molar-refractivity contribution < 1.29 is 19.1 Å². The molecule has 2 heterocycles. The minimum atomic E-state index is -0.848. The first-order chi connectivity index (χ1) is 11.1. The van der Waals surface area contributed by atoms with E-state index in [2.05, 4.69) is 5.32 Å². The Kier molecular flexibility index (Phi) is 3.98. The minimum absolute atomic E-state index is 0.128. The molecule has 0 saturated carbocycles. The van der Waals surface area contributed by atoms with Crippen molar-refractivity contribution in [3.63, 3.8) is 0 Å². The molecule has 0 radical (unpaired) electrons. The summed E-state index contributed by atoms with van der Waals surface area (Å²) in [7, 11) is 0. The molecule has 1 spiro atoms. The molecule has 2 atom stereocenters. The zero-order valence-corrected chi connectivity index (χ0v) is 14.8. The van der Waals surface area contributed by atoms with Crippen LogP contribution < -0.4 is 5.32 Å². The molecule has 0 aromatic carbocycles. The highest BCUT2D eigenvalue weighted by atomic mass is 35.5. The third-order valence-corrected chi connectivity index (χ3v) is 4.91. The lowest BCUT2D eigenvalue weighted by molar-refractivity contribution is -0.158. The fraction of sp³-hybridized carbons (Fsp3) is 0.588. The summed E-state index contributed by atoms with van der Waals surface area (Å²) < 4.78 is 5.34. The van der Waals surface area contributed by atoms with Crippen LogP contribution in [0.25, 0.3) is 0 Å². The van der Waals surface area contributed by atoms with Gasteiger partial charge >= 0.3 is 5.97 Å². The van der Waals surface area contributed by atoms with Crippen molar-refractivity contribution in [1.82, 2.24) is 10.2 Å². The standard InChI is InChI=1S/C17H21ClN2O4/c1-16(2,3)24-14(22)8-20-12-5-4-10(18)6-11(12)17(15(20)23)7-13(21)19-9-17/h4-5,11H,6-9H2,1-3H3,(H,19,21). The molecule has 0 aromatic heterocycles. The summed E-state index contributed by atoms with van der Waals surface area (Å²) in [6.07, 6.45) is 4.14. The number of nitrogens with one attached hydrogen (secondary N) is 1. The Labute approximate surface area is 145 Å². The Morgan fingerprint density at radius 3 is 2.71 bits per heavy atom. The molecule has 2 fully saturated rings. The van der Waals surface area contributed by atoms with Gasteiger partial charge < -0.3 is 15.0 Å².